The van der Waals surface area contributed by atoms with Crippen LogP contribution in [0.1, 0.15) is 18.3 Å². The SMILES string of the molecule is CCNC(=NCc1cn2ccsc2n1)N(C)Cc1cccn1C. The normalized spacial score (nSPS) is 12.0. The second-order valence-corrected chi connectivity index (χ2v) is 6.33. The quantitative estimate of drug-likeness (QED) is 0.577. The topological polar surface area (TPSA) is 49.9 Å². The Bertz CT molecular complexity index is 768. The second kappa shape index (κ2) is 6.87. The van der Waals surface area contributed by atoms with Gasteiger partial charge < -0.3 is 14.8 Å². The largest absolute Gasteiger partial charge is 0.357 e. The monoisotopic (exact) mass is 330 g/mol. The number of rotatable bonds is 5. The van der Waals surface area contributed by atoms with Gasteiger partial charge in [-0.2, -0.15) is 0 Å². The summed E-state index contributed by atoms with van der Waals surface area (Å²) in [5.41, 5.74) is 2.24. The number of imidazole rings is 1. The number of guanidine groups is 1. The van der Waals surface area contributed by atoms with Crippen LogP contribution in [-0.2, 0) is 20.1 Å². The van der Waals surface area contributed by atoms with E-state index in [4.69, 9.17) is 4.99 Å². The summed E-state index contributed by atoms with van der Waals surface area (Å²) >= 11 is 1.64. The van der Waals surface area contributed by atoms with E-state index >= 15 is 0 Å². The molecule has 0 unspecified atom stereocenters. The molecule has 6 nitrogen and oxygen atoms in total. The number of hydrogen-bond acceptors (Lipinski definition) is 3. The van der Waals surface area contributed by atoms with Gasteiger partial charge in [0.2, 0.25) is 0 Å². The van der Waals surface area contributed by atoms with Crippen LogP contribution in [0, 0.1) is 0 Å². The fourth-order valence-electron chi connectivity index (χ4n) is 2.46. The number of nitrogens with one attached hydrogen (secondary N) is 1. The summed E-state index contributed by atoms with van der Waals surface area (Å²) in [4.78, 5) is 12.4. The van der Waals surface area contributed by atoms with E-state index in [1.807, 2.05) is 22.2 Å². The van der Waals surface area contributed by atoms with Gasteiger partial charge in [-0.25, -0.2) is 9.98 Å². The molecule has 3 aromatic heterocycles. The van der Waals surface area contributed by atoms with Gasteiger partial charge in [-0.05, 0) is 19.1 Å². The highest BCUT2D eigenvalue weighted by Crippen LogP contribution is 2.12. The lowest BCUT2D eigenvalue weighted by atomic mass is 10.4. The molecule has 0 bridgehead atoms. The van der Waals surface area contributed by atoms with Crippen molar-refractivity contribution < 1.29 is 0 Å². The van der Waals surface area contributed by atoms with Gasteiger partial charge in [-0.15, -0.1) is 11.3 Å². The summed E-state index contributed by atoms with van der Waals surface area (Å²) in [5, 5.41) is 5.38. The van der Waals surface area contributed by atoms with E-state index in [-0.39, 0.29) is 0 Å². The van der Waals surface area contributed by atoms with Crippen LogP contribution < -0.4 is 5.32 Å². The molecule has 0 fully saturated rings. The van der Waals surface area contributed by atoms with Crippen molar-refractivity contribution in [2.75, 3.05) is 13.6 Å². The van der Waals surface area contributed by atoms with E-state index in [9.17, 15) is 0 Å². The lowest BCUT2D eigenvalue weighted by Crippen LogP contribution is -2.38. The van der Waals surface area contributed by atoms with Crippen molar-refractivity contribution in [3.63, 3.8) is 0 Å². The average molecular weight is 330 g/mol. The molecule has 0 saturated heterocycles. The first-order valence-corrected chi connectivity index (χ1v) is 8.56. The molecule has 23 heavy (non-hydrogen) atoms. The van der Waals surface area contributed by atoms with Gasteiger partial charge in [0, 0.05) is 50.3 Å². The smallest absolute Gasteiger partial charge is 0.194 e. The third-order valence-electron chi connectivity index (χ3n) is 3.68. The molecule has 122 valence electrons. The molecule has 0 aromatic carbocycles. The van der Waals surface area contributed by atoms with Gasteiger partial charge in [-0.1, -0.05) is 0 Å². The van der Waals surface area contributed by atoms with Gasteiger partial charge >= 0.3 is 0 Å². The van der Waals surface area contributed by atoms with Crippen LogP contribution in [0.2, 0.25) is 0 Å². The molecular weight excluding hydrogens is 308 g/mol. The third-order valence-corrected chi connectivity index (χ3v) is 4.45. The molecule has 0 aliphatic rings. The highest BCUT2D eigenvalue weighted by molar-refractivity contribution is 7.15. The van der Waals surface area contributed by atoms with Gasteiger partial charge in [-0.3, -0.25) is 4.40 Å². The van der Waals surface area contributed by atoms with Crippen LogP contribution >= 0.6 is 11.3 Å². The Labute approximate surface area is 140 Å². The molecule has 7 heteroatoms. The van der Waals surface area contributed by atoms with E-state index in [0.717, 1.165) is 29.7 Å². The molecular formula is C16H22N6S. The first-order chi connectivity index (χ1) is 11.2. The zero-order valence-electron chi connectivity index (χ0n) is 13.7. The summed E-state index contributed by atoms with van der Waals surface area (Å²) in [6.45, 7) is 4.31. The fraction of sp³-hybridized carbons (Fsp3) is 0.375. The standard InChI is InChI=1S/C16H22N6S/c1-4-17-15(21(3)12-14-6-5-7-20(14)2)18-10-13-11-22-8-9-23-16(22)19-13/h5-9,11H,4,10,12H2,1-3H3,(H,17,18). The predicted octanol–water partition coefficient (Wildman–Crippen LogP) is 2.33. The van der Waals surface area contributed by atoms with Gasteiger partial charge in [0.05, 0.1) is 18.8 Å². The Morgan fingerprint density at radius 2 is 2.30 bits per heavy atom. The Balaban J connectivity index is 1.71. The van der Waals surface area contributed by atoms with Crippen molar-refractivity contribution in [1.82, 2.24) is 24.2 Å². The van der Waals surface area contributed by atoms with E-state index in [2.05, 4.69) is 59.1 Å². The van der Waals surface area contributed by atoms with Crippen LogP contribution in [0.15, 0.2) is 41.1 Å². The van der Waals surface area contributed by atoms with E-state index in [1.165, 1.54) is 5.69 Å². The summed E-state index contributed by atoms with van der Waals surface area (Å²) in [7, 11) is 4.12. The minimum Gasteiger partial charge on any atom is -0.357 e. The summed E-state index contributed by atoms with van der Waals surface area (Å²) in [6.07, 6.45) is 6.12. The molecule has 0 amide bonds. The van der Waals surface area contributed by atoms with Crippen molar-refractivity contribution in [3.05, 3.63) is 47.5 Å². The molecule has 0 spiro atoms. The van der Waals surface area contributed by atoms with Crippen LogP contribution in [0.4, 0.5) is 0 Å². The molecule has 3 rings (SSSR count). The van der Waals surface area contributed by atoms with Gasteiger partial charge in [0.25, 0.3) is 0 Å². The molecule has 3 heterocycles. The number of thiazole rings is 1. The minimum absolute atomic E-state index is 0.578. The summed E-state index contributed by atoms with van der Waals surface area (Å²) in [5.74, 6) is 0.894. The average Bonchev–Trinajstić information content (AvgIpc) is 3.20. The van der Waals surface area contributed by atoms with Crippen molar-refractivity contribution >= 4 is 22.3 Å². The molecule has 0 atom stereocenters. The Kier molecular flexibility index (Phi) is 4.66. The Hall–Kier alpha value is -2.28. The Morgan fingerprint density at radius 1 is 1.43 bits per heavy atom. The number of aromatic nitrogens is 3. The molecule has 0 saturated carbocycles. The van der Waals surface area contributed by atoms with Gasteiger partial charge in [0.15, 0.2) is 10.9 Å². The number of aryl methyl sites for hydroxylation is 1. The fourth-order valence-corrected chi connectivity index (χ4v) is 3.18. The Morgan fingerprint density at radius 3 is 3.00 bits per heavy atom. The van der Waals surface area contributed by atoms with E-state index in [0.29, 0.717) is 6.54 Å². The molecule has 0 radical (unpaired) electrons. The van der Waals surface area contributed by atoms with Crippen LogP contribution in [0.3, 0.4) is 0 Å². The van der Waals surface area contributed by atoms with Crippen molar-refractivity contribution in [2.24, 2.45) is 12.0 Å². The van der Waals surface area contributed by atoms with Crippen LogP contribution in [0.25, 0.3) is 4.96 Å². The highest BCUT2D eigenvalue weighted by atomic mass is 32.1. The maximum atomic E-state index is 4.72. The molecule has 0 aliphatic carbocycles. The minimum atomic E-state index is 0.578. The van der Waals surface area contributed by atoms with Crippen LogP contribution in [0.5, 0.6) is 0 Å². The molecule has 0 aliphatic heterocycles. The predicted molar refractivity (Wildman–Crippen MR) is 94.8 cm³/mol. The zero-order valence-corrected chi connectivity index (χ0v) is 14.5. The van der Waals surface area contributed by atoms with Gasteiger partial charge in [0.1, 0.15) is 0 Å². The first-order valence-electron chi connectivity index (χ1n) is 7.68. The molecule has 1 N–H and O–H groups in total. The van der Waals surface area contributed by atoms with E-state index < -0.39 is 0 Å². The molecule has 3 aromatic rings. The maximum Gasteiger partial charge on any atom is 0.194 e. The lowest BCUT2D eigenvalue weighted by molar-refractivity contribution is 0.461. The summed E-state index contributed by atoms with van der Waals surface area (Å²) < 4.78 is 4.17. The lowest BCUT2D eigenvalue weighted by Gasteiger charge is -2.22. The maximum absolute atomic E-state index is 4.72. The zero-order chi connectivity index (χ0) is 16.2. The number of fused-ring (bicyclic) bond motifs is 1. The van der Waals surface area contributed by atoms with Crippen molar-refractivity contribution in [2.45, 2.75) is 20.0 Å². The third kappa shape index (κ3) is 3.56. The number of hydrogen-bond donors (Lipinski definition) is 1. The van der Waals surface area contributed by atoms with Crippen molar-refractivity contribution in [3.8, 4) is 0 Å². The number of nitrogens with zero attached hydrogens (tertiary/aromatic N) is 5. The first kappa shape index (κ1) is 15.6. The van der Waals surface area contributed by atoms with Crippen molar-refractivity contribution in [1.29, 1.82) is 0 Å². The summed E-state index contributed by atoms with van der Waals surface area (Å²) in [6, 6.07) is 4.19. The second-order valence-electron chi connectivity index (χ2n) is 5.46. The number of aliphatic imine (C=N–C) groups is 1. The van der Waals surface area contributed by atoms with E-state index in [1.54, 1.807) is 11.3 Å². The van der Waals surface area contributed by atoms with Crippen LogP contribution in [-0.4, -0.2) is 38.4 Å². The highest BCUT2D eigenvalue weighted by Gasteiger charge is 2.09.